The number of carbonyl (C=O) groups is 1. The number of carbonyl (C=O) groups excluding carboxylic acids is 1. The highest BCUT2D eigenvalue weighted by atomic mass is 16.5. The highest BCUT2D eigenvalue weighted by Crippen LogP contribution is 2.31. The Morgan fingerprint density at radius 2 is 2.17 bits per heavy atom. The molecule has 1 aliphatic rings. The largest absolute Gasteiger partial charge is 0.497 e. The molecule has 8 heteroatoms. The molecule has 8 nitrogen and oxygen atoms in total. The number of nitrogens with zero attached hydrogens (tertiary/aromatic N) is 5. The molecule has 3 aromatic rings. The molecule has 2 aromatic heterocycles. The molecule has 0 fully saturated rings. The number of aryl methyl sites for hydroxylation is 1. The first-order valence-corrected chi connectivity index (χ1v) is 7.39. The molecule has 3 heterocycles. The van der Waals surface area contributed by atoms with Gasteiger partial charge in [0.15, 0.2) is 11.5 Å². The van der Waals surface area contributed by atoms with Crippen molar-refractivity contribution in [3.8, 4) is 23.0 Å². The Kier molecular flexibility index (Phi) is 3.12. The van der Waals surface area contributed by atoms with Crippen LogP contribution in [0.4, 0.5) is 0 Å². The molecule has 0 N–H and O–H groups in total. The molecule has 24 heavy (non-hydrogen) atoms. The third-order valence-electron chi connectivity index (χ3n) is 4.02. The van der Waals surface area contributed by atoms with Crippen molar-refractivity contribution in [2.45, 2.75) is 13.5 Å². The normalized spacial score (nSPS) is 13.5. The quantitative estimate of drug-likeness (QED) is 0.714. The van der Waals surface area contributed by atoms with E-state index in [9.17, 15) is 4.79 Å². The van der Waals surface area contributed by atoms with Crippen molar-refractivity contribution < 1.29 is 14.1 Å². The summed E-state index contributed by atoms with van der Waals surface area (Å²) >= 11 is 0. The predicted octanol–water partition coefficient (Wildman–Crippen LogP) is 1.82. The average molecular weight is 325 g/mol. The molecule has 0 spiro atoms. The van der Waals surface area contributed by atoms with Gasteiger partial charge in [-0.2, -0.15) is 4.98 Å². The minimum Gasteiger partial charge on any atom is -0.497 e. The van der Waals surface area contributed by atoms with Gasteiger partial charge in [-0.3, -0.25) is 9.36 Å². The zero-order valence-electron chi connectivity index (χ0n) is 13.5. The van der Waals surface area contributed by atoms with Gasteiger partial charge in [0.25, 0.3) is 11.8 Å². The Morgan fingerprint density at radius 1 is 1.33 bits per heavy atom. The molecule has 122 valence electrons. The van der Waals surface area contributed by atoms with Gasteiger partial charge in [-0.15, -0.1) is 0 Å². The SMILES string of the molecule is COc1ccc2c(c1)C(=O)N(C)Cc1c(-c3nc(C)no3)ncn1-2. The summed E-state index contributed by atoms with van der Waals surface area (Å²) in [5, 5.41) is 3.81. The zero-order chi connectivity index (χ0) is 16.8. The average Bonchev–Trinajstić information content (AvgIpc) is 3.17. The van der Waals surface area contributed by atoms with Crippen molar-refractivity contribution in [2.75, 3.05) is 14.2 Å². The van der Waals surface area contributed by atoms with Gasteiger partial charge in [-0.05, 0) is 25.1 Å². The van der Waals surface area contributed by atoms with Crippen molar-refractivity contribution in [1.82, 2.24) is 24.6 Å². The first kappa shape index (κ1) is 14.4. The maximum atomic E-state index is 12.7. The molecule has 0 aliphatic carbocycles. The lowest BCUT2D eigenvalue weighted by Gasteiger charge is -2.14. The summed E-state index contributed by atoms with van der Waals surface area (Å²) in [6.45, 7) is 2.13. The van der Waals surface area contributed by atoms with Crippen LogP contribution in [0.2, 0.25) is 0 Å². The highest BCUT2D eigenvalue weighted by molar-refractivity contribution is 5.98. The fraction of sp³-hybridized carbons (Fsp3) is 0.250. The van der Waals surface area contributed by atoms with Crippen molar-refractivity contribution >= 4 is 5.91 Å². The van der Waals surface area contributed by atoms with Crippen LogP contribution < -0.4 is 4.74 Å². The maximum absolute atomic E-state index is 12.7. The van der Waals surface area contributed by atoms with Crippen molar-refractivity contribution in [3.63, 3.8) is 0 Å². The first-order valence-electron chi connectivity index (χ1n) is 7.39. The highest BCUT2D eigenvalue weighted by Gasteiger charge is 2.28. The molecule has 4 rings (SSSR count). The van der Waals surface area contributed by atoms with E-state index < -0.39 is 0 Å². The summed E-state index contributed by atoms with van der Waals surface area (Å²) in [6.07, 6.45) is 1.67. The van der Waals surface area contributed by atoms with E-state index in [0.717, 1.165) is 11.4 Å². The molecule has 1 amide bonds. The van der Waals surface area contributed by atoms with Crippen LogP contribution in [0.25, 0.3) is 17.3 Å². The topological polar surface area (TPSA) is 86.3 Å². The van der Waals surface area contributed by atoms with Crippen LogP contribution >= 0.6 is 0 Å². The van der Waals surface area contributed by atoms with Gasteiger partial charge in [0, 0.05) is 7.05 Å². The van der Waals surface area contributed by atoms with E-state index in [-0.39, 0.29) is 5.91 Å². The van der Waals surface area contributed by atoms with Crippen LogP contribution in [0.3, 0.4) is 0 Å². The van der Waals surface area contributed by atoms with Crippen molar-refractivity contribution in [2.24, 2.45) is 0 Å². The summed E-state index contributed by atoms with van der Waals surface area (Å²) in [7, 11) is 3.32. The molecule has 1 aliphatic heterocycles. The number of methoxy groups -OCH3 is 1. The van der Waals surface area contributed by atoms with Crippen LogP contribution in [-0.2, 0) is 6.54 Å². The number of aromatic nitrogens is 4. The number of hydrogen-bond donors (Lipinski definition) is 0. The Morgan fingerprint density at radius 3 is 2.88 bits per heavy atom. The summed E-state index contributed by atoms with van der Waals surface area (Å²) in [6, 6.07) is 5.40. The molecule has 0 unspecified atom stereocenters. The van der Waals surface area contributed by atoms with Crippen LogP contribution in [0.5, 0.6) is 5.75 Å². The number of benzene rings is 1. The van der Waals surface area contributed by atoms with Gasteiger partial charge in [0.05, 0.1) is 30.6 Å². The van der Waals surface area contributed by atoms with Crippen molar-refractivity contribution in [3.05, 3.63) is 41.6 Å². The second kappa shape index (κ2) is 5.19. The smallest absolute Gasteiger partial charge is 0.278 e. The van der Waals surface area contributed by atoms with Crippen LogP contribution in [0, 0.1) is 6.92 Å². The monoisotopic (exact) mass is 325 g/mol. The van der Waals surface area contributed by atoms with Crippen LogP contribution in [-0.4, -0.2) is 44.7 Å². The second-order valence-corrected chi connectivity index (χ2v) is 5.60. The molecule has 0 bridgehead atoms. The number of fused-ring (bicyclic) bond motifs is 3. The van der Waals surface area contributed by atoms with E-state index in [4.69, 9.17) is 9.26 Å². The van der Waals surface area contributed by atoms with Gasteiger partial charge >= 0.3 is 0 Å². The molecule has 1 aromatic carbocycles. The van der Waals surface area contributed by atoms with E-state index in [2.05, 4.69) is 15.1 Å². The van der Waals surface area contributed by atoms with Crippen LogP contribution in [0.15, 0.2) is 29.0 Å². The summed E-state index contributed by atoms with van der Waals surface area (Å²) in [5.41, 5.74) is 2.70. The van der Waals surface area contributed by atoms with E-state index >= 15 is 0 Å². The van der Waals surface area contributed by atoms with Gasteiger partial charge in [-0.25, -0.2) is 4.98 Å². The molecule has 0 saturated heterocycles. The minimum absolute atomic E-state index is 0.0831. The Bertz CT molecular complexity index is 943. The molecule has 0 radical (unpaired) electrons. The third kappa shape index (κ3) is 2.07. The number of ether oxygens (including phenoxy) is 1. The van der Waals surface area contributed by atoms with Gasteiger partial charge in [0.2, 0.25) is 0 Å². The molecular formula is C16H15N5O3. The van der Waals surface area contributed by atoms with Crippen LogP contribution in [0.1, 0.15) is 21.9 Å². The lowest BCUT2D eigenvalue weighted by molar-refractivity contribution is 0.0788. The lowest BCUT2D eigenvalue weighted by atomic mass is 10.1. The van der Waals surface area contributed by atoms with Gasteiger partial charge < -0.3 is 14.2 Å². The summed E-state index contributed by atoms with van der Waals surface area (Å²) < 4.78 is 12.4. The Balaban J connectivity index is 1.94. The third-order valence-corrected chi connectivity index (χ3v) is 4.02. The number of imidazole rings is 1. The number of amides is 1. The lowest BCUT2D eigenvalue weighted by Crippen LogP contribution is -2.25. The van der Waals surface area contributed by atoms with Gasteiger partial charge in [0.1, 0.15) is 12.1 Å². The van der Waals surface area contributed by atoms with E-state index in [1.165, 1.54) is 0 Å². The maximum Gasteiger partial charge on any atom is 0.278 e. The minimum atomic E-state index is -0.0831. The van der Waals surface area contributed by atoms with Gasteiger partial charge in [-0.1, -0.05) is 5.16 Å². The molecule has 0 atom stereocenters. The van der Waals surface area contributed by atoms with E-state index in [1.807, 2.05) is 16.7 Å². The standard InChI is InChI=1S/C16H15N5O3/c1-9-18-15(24-19-9)14-13-7-20(2)16(22)11-6-10(23-3)4-5-12(11)21(13)8-17-14/h4-6,8H,7H2,1-3H3. The zero-order valence-corrected chi connectivity index (χ0v) is 13.5. The number of hydrogen-bond acceptors (Lipinski definition) is 6. The van der Waals surface area contributed by atoms with E-state index in [1.54, 1.807) is 38.4 Å². The summed E-state index contributed by atoms with van der Waals surface area (Å²) in [4.78, 5) is 23.0. The molecule has 0 saturated carbocycles. The predicted molar refractivity (Wildman–Crippen MR) is 83.9 cm³/mol. The van der Waals surface area contributed by atoms with Crippen molar-refractivity contribution in [1.29, 1.82) is 0 Å². The summed E-state index contributed by atoms with van der Waals surface area (Å²) in [5.74, 6) is 1.43. The number of rotatable bonds is 2. The second-order valence-electron chi connectivity index (χ2n) is 5.60. The molecular weight excluding hydrogens is 310 g/mol. The first-order chi connectivity index (χ1) is 11.6. The van der Waals surface area contributed by atoms with E-state index in [0.29, 0.717) is 35.3 Å². The fourth-order valence-electron chi connectivity index (χ4n) is 2.83. The fourth-order valence-corrected chi connectivity index (χ4v) is 2.83. The Labute approximate surface area is 137 Å². The Hall–Kier alpha value is -3.16.